The normalized spacial score (nSPS) is 12.0. The third-order valence-electron chi connectivity index (χ3n) is 1.01. The average Bonchev–Trinajstić information content (AvgIpc) is 1.91. The molecule has 0 aromatic heterocycles. The molecule has 0 amide bonds. The molecule has 0 radical (unpaired) electrons. The monoisotopic (exact) mass is 123 g/mol. The topological polar surface area (TPSA) is 12.0 Å². The zero-order valence-electron chi connectivity index (χ0n) is 6.02. The van der Waals surface area contributed by atoms with E-state index in [1.165, 1.54) is 0 Å². The molecule has 0 aromatic rings. The average molecular weight is 123 g/mol. The van der Waals surface area contributed by atoms with Gasteiger partial charge in [0.25, 0.3) is 0 Å². The van der Waals surface area contributed by atoms with E-state index in [2.05, 4.69) is 11.9 Å². The SMILES string of the molecule is C=C/C=C\C(=C\C)NC. The Kier molecular flexibility index (Phi) is 4.60. The summed E-state index contributed by atoms with van der Waals surface area (Å²) in [5.74, 6) is 0. The van der Waals surface area contributed by atoms with E-state index >= 15 is 0 Å². The van der Waals surface area contributed by atoms with Crippen molar-refractivity contribution in [1.29, 1.82) is 0 Å². The Balaban J connectivity index is 3.84. The summed E-state index contributed by atoms with van der Waals surface area (Å²) in [6.45, 7) is 5.54. The van der Waals surface area contributed by atoms with Gasteiger partial charge in [0.2, 0.25) is 0 Å². The van der Waals surface area contributed by atoms with E-state index < -0.39 is 0 Å². The minimum atomic E-state index is 1.11. The van der Waals surface area contributed by atoms with Crippen molar-refractivity contribution in [1.82, 2.24) is 5.32 Å². The lowest BCUT2D eigenvalue weighted by Crippen LogP contribution is -2.01. The predicted octanol–water partition coefficient (Wildman–Crippen LogP) is 1.85. The van der Waals surface area contributed by atoms with E-state index in [1.807, 2.05) is 32.2 Å². The fourth-order valence-electron chi connectivity index (χ4n) is 0.496. The lowest BCUT2D eigenvalue weighted by molar-refractivity contribution is 1.03. The molecule has 0 saturated heterocycles. The lowest BCUT2D eigenvalue weighted by Gasteiger charge is -1.95. The highest BCUT2D eigenvalue weighted by Gasteiger charge is 1.77. The van der Waals surface area contributed by atoms with Gasteiger partial charge < -0.3 is 5.32 Å². The molecular weight excluding hydrogens is 110 g/mol. The molecule has 0 aliphatic carbocycles. The van der Waals surface area contributed by atoms with Crippen LogP contribution in [0.15, 0.2) is 36.6 Å². The molecule has 0 spiro atoms. The first-order valence-electron chi connectivity index (χ1n) is 2.98. The molecule has 0 aliphatic rings. The van der Waals surface area contributed by atoms with Crippen LogP contribution >= 0.6 is 0 Å². The highest BCUT2D eigenvalue weighted by atomic mass is 14.8. The zero-order valence-corrected chi connectivity index (χ0v) is 6.02. The first-order valence-corrected chi connectivity index (χ1v) is 2.98. The maximum absolute atomic E-state index is 3.56. The number of likely N-dealkylation sites (N-methyl/N-ethyl adjacent to an activating group) is 1. The minimum Gasteiger partial charge on any atom is -0.388 e. The predicted molar refractivity (Wildman–Crippen MR) is 42.2 cm³/mol. The van der Waals surface area contributed by atoms with Crippen LogP contribution in [0.4, 0.5) is 0 Å². The Morgan fingerprint density at radius 2 is 2.22 bits per heavy atom. The van der Waals surface area contributed by atoms with Gasteiger partial charge in [-0.1, -0.05) is 24.8 Å². The molecule has 0 rings (SSSR count). The van der Waals surface area contributed by atoms with Crippen LogP contribution in [0.5, 0.6) is 0 Å². The largest absolute Gasteiger partial charge is 0.388 e. The molecule has 1 nitrogen and oxygen atoms in total. The maximum atomic E-state index is 3.56. The first kappa shape index (κ1) is 8.02. The molecule has 50 valence electrons. The van der Waals surface area contributed by atoms with Crippen LogP contribution < -0.4 is 5.32 Å². The van der Waals surface area contributed by atoms with E-state index in [4.69, 9.17) is 0 Å². The zero-order chi connectivity index (χ0) is 7.11. The summed E-state index contributed by atoms with van der Waals surface area (Å²) in [7, 11) is 1.89. The van der Waals surface area contributed by atoms with Gasteiger partial charge in [-0.05, 0) is 13.0 Å². The Morgan fingerprint density at radius 3 is 2.56 bits per heavy atom. The van der Waals surface area contributed by atoms with Crippen molar-refractivity contribution >= 4 is 0 Å². The molecule has 0 heterocycles. The molecule has 0 aromatic carbocycles. The van der Waals surface area contributed by atoms with E-state index in [0.717, 1.165) is 5.70 Å². The summed E-state index contributed by atoms with van der Waals surface area (Å²) in [4.78, 5) is 0. The number of hydrogen-bond donors (Lipinski definition) is 1. The van der Waals surface area contributed by atoms with Crippen molar-refractivity contribution in [2.24, 2.45) is 0 Å². The van der Waals surface area contributed by atoms with E-state index in [0.29, 0.717) is 0 Å². The summed E-state index contributed by atoms with van der Waals surface area (Å²) in [5, 5.41) is 3.01. The Bertz CT molecular complexity index is 132. The van der Waals surface area contributed by atoms with Crippen molar-refractivity contribution < 1.29 is 0 Å². The number of hydrogen-bond acceptors (Lipinski definition) is 1. The van der Waals surface area contributed by atoms with E-state index in [1.54, 1.807) is 6.08 Å². The summed E-state index contributed by atoms with van der Waals surface area (Å²) in [6.07, 6.45) is 7.61. The summed E-state index contributed by atoms with van der Waals surface area (Å²) in [6, 6.07) is 0. The summed E-state index contributed by atoms with van der Waals surface area (Å²) >= 11 is 0. The van der Waals surface area contributed by atoms with Crippen molar-refractivity contribution in [3.05, 3.63) is 36.6 Å². The van der Waals surface area contributed by atoms with Crippen LogP contribution in [-0.4, -0.2) is 7.05 Å². The fourth-order valence-corrected chi connectivity index (χ4v) is 0.496. The van der Waals surface area contributed by atoms with Crippen molar-refractivity contribution in [2.75, 3.05) is 7.05 Å². The Labute approximate surface area is 56.8 Å². The van der Waals surface area contributed by atoms with Crippen molar-refractivity contribution in [3.8, 4) is 0 Å². The van der Waals surface area contributed by atoms with Crippen LogP contribution in [0, 0.1) is 0 Å². The number of allylic oxidation sites excluding steroid dienone is 4. The molecule has 0 saturated carbocycles. The van der Waals surface area contributed by atoms with Gasteiger partial charge in [0, 0.05) is 12.7 Å². The van der Waals surface area contributed by atoms with Gasteiger partial charge >= 0.3 is 0 Å². The molecule has 0 unspecified atom stereocenters. The smallest absolute Gasteiger partial charge is 0.0294 e. The molecule has 0 fully saturated rings. The second-order valence-electron chi connectivity index (χ2n) is 1.59. The van der Waals surface area contributed by atoms with Gasteiger partial charge in [-0.15, -0.1) is 0 Å². The highest BCUT2D eigenvalue weighted by molar-refractivity contribution is 5.18. The van der Waals surface area contributed by atoms with Gasteiger partial charge in [0.05, 0.1) is 0 Å². The van der Waals surface area contributed by atoms with Crippen molar-refractivity contribution in [2.45, 2.75) is 6.92 Å². The molecular formula is C8H13N. The van der Waals surface area contributed by atoms with Crippen LogP contribution in [0.3, 0.4) is 0 Å². The van der Waals surface area contributed by atoms with Gasteiger partial charge in [-0.2, -0.15) is 0 Å². The van der Waals surface area contributed by atoms with Crippen LogP contribution in [0.1, 0.15) is 6.92 Å². The highest BCUT2D eigenvalue weighted by Crippen LogP contribution is 1.88. The third kappa shape index (κ3) is 3.59. The minimum absolute atomic E-state index is 1.11. The van der Waals surface area contributed by atoms with E-state index in [9.17, 15) is 0 Å². The number of rotatable bonds is 3. The standard InChI is InChI=1S/C8H13N/c1-4-6-7-8(5-2)9-3/h4-7,9H,1H2,2-3H3/b7-6-,8-5-. The second kappa shape index (κ2) is 5.16. The summed E-state index contributed by atoms with van der Waals surface area (Å²) in [5.41, 5.74) is 1.11. The Hall–Kier alpha value is -0.980. The molecule has 0 bridgehead atoms. The molecule has 0 aliphatic heterocycles. The van der Waals surface area contributed by atoms with Gasteiger partial charge in [0.15, 0.2) is 0 Å². The fraction of sp³-hybridized carbons (Fsp3) is 0.250. The Morgan fingerprint density at radius 1 is 1.56 bits per heavy atom. The quantitative estimate of drug-likeness (QED) is 0.565. The van der Waals surface area contributed by atoms with Gasteiger partial charge in [0.1, 0.15) is 0 Å². The van der Waals surface area contributed by atoms with Crippen LogP contribution in [0.25, 0.3) is 0 Å². The van der Waals surface area contributed by atoms with Crippen LogP contribution in [-0.2, 0) is 0 Å². The first-order chi connectivity index (χ1) is 4.35. The third-order valence-corrected chi connectivity index (χ3v) is 1.01. The maximum Gasteiger partial charge on any atom is 0.0294 e. The summed E-state index contributed by atoms with van der Waals surface area (Å²) < 4.78 is 0. The molecule has 9 heavy (non-hydrogen) atoms. The van der Waals surface area contributed by atoms with Gasteiger partial charge in [-0.3, -0.25) is 0 Å². The van der Waals surface area contributed by atoms with E-state index in [-0.39, 0.29) is 0 Å². The molecule has 1 heteroatoms. The van der Waals surface area contributed by atoms with Crippen molar-refractivity contribution in [3.63, 3.8) is 0 Å². The lowest BCUT2D eigenvalue weighted by atomic mass is 10.3. The van der Waals surface area contributed by atoms with Crippen LogP contribution in [0.2, 0.25) is 0 Å². The number of nitrogens with one attached hydrogen (secondary N) is 1. The second-order valence-corrected chi connectivity index (χ2v) is 1.59. The molecule has 0 atom stereocenters. The van der Waals surface area contributed by atoms with Gasteiger partial charge in [-0.25, -0.2) is 0 Å². The molecule has 1 N–H and O–H groups in total.